The van der Waals surface area contributed by atoms with Gasteiger partial charge in [-0.1, -0.05) is 123 Å². The van der Waals surface area contributed by atoms with E-state index in [-0.39, 0.29) is 10.8 Å². The van der Waals surface area contributed by atoms with E-state index in [4.69, 9.17) is 4.74 Å². The van der Waals surface area contributed by atoms with Gasteiger partial charge in [0.05, 0.1) is 31.8 Å². The molecule has 0 aliphatic heterocycles. The first-order valence-electron chi connectivity index (χ1n) is 14.5. The standard InChI is InChI=1S/C34H54O4/c1-10-12-16-26(11-2)21-38-34(27-17-14-13-15-18-27,33(22-35,23-36)24-37)30-28(31(4,5)6)19-25(3)20-29(30)32(7,8)9/h13-15,17-20,26,35-37H,10-12,16,21-24H2,1-9H3. The third-order valence-corrected chi connectivity index (χ3v) is 8.16. The Bertz CT molecular complexity index is 952. The summed E-state index contributed by atoms with van der Waals surface area (Å²) in [7, 11) is 0. The largest absolute Gasteiger partial charge is 0.395 e. The van der Waals surface area contributed by atoms with E-state index in [0.717, 1.165) is 53.5 Å². The molecule has 2 rings (SSSR count). The lowest BCUT2D eigenvalue weighted by molar-refractivity contribution is -0.176. The normalized spacial score (nSPS) is 15.4. The number of hydrogen-bond donors (Lipinski definition) is 3. The van der Waals surface area contributed by atoms with Crippen molar-refractivity contribution in [2.45, 2.75) is 104 Å². The van der Waals surface area contributed by atoms with E-state index in [1.807, 2.05) is 30.3 Å². The fraction of sp³-hybridized carbons (Fsp3) is 0.647. The summed E-state index contributed by atoms with van der Waals surface area (Å²) in [5.41, 5.74) is 1.98. The molecule has 2 aromatic carbocycles. The molecule has 2 aromatic rings. The number of rotatable bonds is 13. The van der Waals surface area contributed by atoms with Crippen LogP contribution in [-0.2, 0) is 21.2 Å². The summed E-state index contributed by atoms with van der Waals surface area (Å²) in [5, 5.41) is 33.1. The summed E-state index contributed by atoms with van der Waals surface area (Å²) in [6.45, 7) is 18.9. The van der Waals surface area contributed by atoms with Crippen molar-refractivity contribution >= 4 is 0 Å². The molecule has 4 heteroatoms. The van der Waals surface area contributed by atoms with E-state index in [1.165, 1.54) is 0 Å². The minimum absolute atomic E-state index is 0.261. The van der Waals surface area contributed by atoms with Crippen molar-refractivity contribution in [2.75, 3.05) is 26.4 Å². The fourth-order valence-corrected chi connectivity index (χ4v) is 5.67. The molecule has 0 bridgehead atoms. The molecule has 0 saturated heterocycles. The van der Waals surface area contributed by atoms with Crippen LogP contribution >= 0.6 is 0 Å². The highest BCUT2D eigenvalue weighted by Crippen LogP contribution is 2.54. The summed E-state index contributed by atoms with van der Waals surface area (Å²) in [5.74, 6) is 0.327. The highest BCUT2D eigenvalue weighted by Gasteiger charge is 2.57. The Labute approximate surface area is 232 Å². The third-order valence-electron chi connectivity index (χ3n) is 8.16. The molecular weight excluding hydrogens is 472 g/mol. The average Bonchev–Trinajstić information content (AvgIpc) is 2.87. The lowest BCUT2D eigenvalue weighted by Gasteiger charge is -2.52. The smallest absolute Gasteiger partial charge is 0.131 e. The minimum atomic E-state index is -1.37. The van der Waals surface area contributed by atoms with Crippen molar-refractivity contribution in [1.29, 1.82) is 0 Å². The Morgan fingerprint density at radius 2 is 1.29 bits per heavy atom. The number of aliphatic hydroxyl groups is 3. The zero-order chi connectivity index (χ0) is 28.8. The first-order chi connectivity index (χ1) is 17.8. The fourth-order valence-electron chi connectivity index (χ4n) is 5.67. The highest BCUT2D eigenvalue weighted by molar-refractivity contribution is 5.54. The molecule has 0 amide bonds. The van der Waals surface area contributed by atoms with Crippen LogP contribution in [-0.4, -0.2) is 41.7 Å². The molecule has 0 aliphatic rings. The molecule has 0 heterocycles. The molecule has 0 saturated carbocycles. The van der Waals surface area contributed by atoms with Gasteiger partial charge in [0.2, 0.25) is 0 Å². The predicted molar refractivity (Wildman–Crippen MR) is 159 cm³/mol. The molecule has 0 fully saturated rings. The Kier molecular flexibility index (Phi) is 11.2. The minimum Gasteiger partial charge on any atom is -0.395 e. The molecule has 4 nitrogen and oxygen atoms in total. The van der Waals surface area contributed by atoms with Crippen molar-refractivity contribution in [3.8, 4) is 0 Å². The molecule has 2 unspecified atom stereocenters. The van der Waals surface area contributed by atoms with Crippen LogP contribution in [0.3, 0.4) is 0 Å². The maximum Gasteiger partial charge on any atom is 0.131 e. The molecule has 0 spiro atoms. The van der Waals surface area contributed by atoms with E-state index < -0.39 is 30.8 Å². The van der Waals surface area contributed by atoms with Gasteiger partial charge in [0.15, 0.2) is 0 Å². The van der Waals surface area contributed by atoms with Crippen molar-refractivity contribution < 1.29 is 20.1 Å². The third kappa shape index (κ3) is 6.53. The average molecular weight is 527 g/mol. The van der Waals surface area contributed by atoms with Crippen molar-refractivity contribution in [2.24, 2.45) is 11.3 Å². The topological polar surface area (TPSA) is 69.9 Å². The van der Waals surface area contributed by atoms with E-state index in [1.54, 1.807) is 0 Å². The van der Waals surface area contributed by atoms with Gasteiger partial charge in [-0.2, -0.15) is 0 Å². The van der Waals surface area contributed by atoms with Crippen LogP contribution in [0.1, 0.15) is 109 Å². The van der Waals surface area contributed by atoms with Gasteiger partial charge < -0.3 is 20.1 Å². The number of benzene rings is 2. The summed E-state index contributed by atoms with van der Waals surface area (Å²) < 4.78 is 7.22. The number of aliphatic hydroxyl groups excluding tert-OH is 3. The van der Waals surface area contributed by atoms with Crippen LogP contribution < -0.4 is 0 Å². The van der Waals surface area contributed by atoms with Crippen molar-refractivity contribution in [3.05, 3.63) is 70.3 Å². The van der Waals surface area contributed by atoms with Gasteiger partial charge in [-0.15, -0.1) is 0 Å². The van der Waals surface area contributed by atoms with E-state index in [9.17, 15) is 15.3 Å². The Hall–Kier alpha value is -1.72. The second-order valence-electron chi connectivity index (χ2n) is 13.3. The number of unbranched alkanes of at least 4 members (excludes halogenated alkanes) is 1. The van der Waals surface area contributed by atoms with Gasteiger partial charge in [0.1, 0.15) is 5.60 Å². The molecule has 2 atom stereocenters. The van der Waals surface area contributed by atoms with Crippen LogP contribution in [0.5, 0.6) is 0 Å². The van der Waals surface area contributed by atoms with Gasteiger partial charge in [-0.05, 0) is 52.3 Å². The van der Waals surface area contributed by atoms with E-state index in [2.05, 4.69) is 74.4 Å². The highest BCUT2D eigenvalue weighted by atomic mass is 16.5. The zero-order valence-corrected chi connectivity index (χ0v) is 25.5. The van der Waals surface area contributed by atoms with Crippen LogP contribution in [0.25, 0.3) is 0 Å². The maximum absolute atomic E-state index is 11.0. The number of hydrogen-bond acceptors (Lipinski definition) is 4. The molecule has 0 radical (unpaired) electrons. The van der Waals surface area contributed by atoms with Gasteiger partial charge in [-0.3, -0.25) is 0 Å². The first kappa shape index (κ1) is 32.5. The molecular formula is C34H54O4. The zero-order valence-electron chi connectivity index (χ0n) is 25.5. The quantitative estimate of drug-likeness (QED) is 0.262. The summed E-state index contributed by atoms with van der Waals surface area (Å²) in [4.78, 5) is 0. The second kappa shape index (κ2) is 13.1. The Balaban J connectivity index is 3.17. The lowest BCUT2D eigenvalue weighted by Crippen LogP contribution is -2.57. The molecule has 3 N–H and O–H groups in total. The van der Waals surface area contributed by atoms with Crippen molar-refractivity contribution in [1.82, 2.24) is 0 Å². The SMILES string of the molecule is CCCCC(CC)COC(c1ccccc1)(c1c(C(C)(C)C)cc(C)cc1C(C)(C)C)C(CO)(CO)CO. The Morgan fingerprint density at radius 3 is 1.68 bits per heavy atom. The van der Waals surface area contributed by atoms with Gasteiger partial charge in [0, 0.05) is 0 Å². The second-order valence-corrected chi connectivity index (χ2v) is 13.3. The summed E-state index contributed by atoms with van der Waals surface area (Å²) >= 11 is 0. The van der Waals surface area contributed by atoms with Crippen LogP contribution in [0.4, 0.5) is 0 Å². The van der Waals surface area contributed by atoms with Gasteiger partial charge in [-0.25, -0.2) is 0 Å². The van der Waals surface area contributed by atoms with Crippen LogP contribution in [0.15, 0.2) is 42.5 Å². The summed E-state index contributed by atoms with van der Waals surface area (Å²) in [6, 6.07) is 14.4. The van der Waals surface area contributed by atoms with Crippen molar-refractivity contribution in [3.63, 3.8) is 0 Å². The van der Waals surface area contributed by atoms with E-state index >= 15 is 0 Å². The molecule has 214 valence electrons. The molecule has 0 aromatic heterocycles. The van der Waals surface area contributed by atoms with Crippen LogP contribution in [0.2, 0.25) is 0 Å². The molecule has 0 aliphatic carbocycles. The lowest BCUT2D eigenvalue weighted by atomic mass is 9.59. The molecule has 38 heavy (non-hydrogen) atoms. The van der Waals surface area contributed by atoms with E-state index in [0.29, 0.717) is 12.5 Å². The first-order valence-corrected chi connectivity index (χ1v) is 14.5. The van der Waals surface area contributed by atoms with Crippen LogP contribution in [0, 0.1) is 18.3 Å². The monoisotopic (exact) mass is 526 g/mol. The maximum atomic E-state index is 11.0. The predicted octanol–water partition coefficient (Wildman–Crippen LogP) is 7.03. The van der Waals surface area contributed by atoms with Gasteiger partial charge >= 0.3 is 0 Å². The summed E-state index contributed by atoms with van der Waals surface area (Å²) in [6.07, 6.45) is 4.26. The number of ether oxygens (including phenoxy) is 1. The van der Waals surface area contributed by atoms with Gasteiger partial charge in [0.25, 0.3) is 0 Å². The number of aryl methyl sites for hydroxylation is 1. The Morgan fingerprint density at radius 1 is 0.789 bits per heavy atom.